The summed E-state index contributed by atoms with van der Waals surface area (Å²) in [5.74, 6) is 0.798. The average Bonchev–Trinajstić information content (AvgIpc) is 2.14. The second-order valence-electron chi connectivity index (χ2n) is 4.67. The summed E-state index contributed by atoms with van der Waals surface area (Å²) >= 11 is 0. The van der Waals surface area contributed by atoms with Crippen LogP contribution in [0.15, 0.2) is 18.2 Å². The lowest BCUT2D eigenvalue weighted by atomic mass is 10.1. The third-order valence-electron chi connectivity index (χ3n) is 2.16. The number of methoxy groups -OCH3 is 1. The zero-order valence-electron chi connectivity index (χ0n) is 9.92. The highest BCUT2D eigenvalue weighted by molar-refractivity contribution is 5.51. The van der Waals surface area contributed by atoms with Gasteiger partial charge in [0.2, 0.25) is 0 Å². The molecule has 0 atom stereocenters. The number of nitrogens with one attached hydrogen (secondary N) is 1. The Labute approximate surface area is 91.6 Å². The third-order valence-corrected chi connectivity index (χ3v) is 2.16. The Morgan fingerprint density at radius 3 is 2.47 bits per heavy atom. The first kappa shape index (κ1) is 11.9. The van der Waals surface area contributed by atoms with Gasteiger partial charge in [0.1, 0.15) is 5.75 Å². The molecule has 0 bridgehead atoms. The van der Waals surface area contributed by atoms with Crippen LogP contribution < -0.4 is 15.8 Å². The first-order chi connectivity index (χ1) is 6.92. The van der Waals surface area contributed by atoms with Gasteiger partial charge >= 0.3 is 0 Å². The molecule has 0 amide bonds. The monoisotopic (exact) mass is 208 g/mol. The van der Waals surface area contributed by atoms with Gasteiger partial charge in [-0.2, -0.15) is 0 Å². The van der Waals surface area contributed by atoms with Crippen molar-refractivity contribution in [3.8, 4) is 5.75 Å². The summed E-state index contributed by atoms with van der Waals surface area (Å²) in [4.78, 5) is 0. The summed E-state index contributed by atoms with van der Waals surface area (Å²) in [6.45, 7) is 7.17. The highest BCUT2D eigenvalue weighted by atomic mass is 16.5. The van der Waals surface area contributed by atoms with Crippen LogP contribution in [0.25, 0.3) is 0 Å². The van der Waals surface area contributed by atoms with E-state index in [1.54, 1.807) is 7.11 Å². The maximum Gasteiger partial charge on any atom is 0.120 e. The van der Waals surface area contributed by atoms with Crippen molar-refractivity contribution < 1.29 is 4.74 Å². The highest BCUT2D eigenvalue weighted by Gasteiger charge is 2.09. The van der Waals surface area contributed by atoms with Crippen LogP contribution in [-0.4, -0.2) is 12.6 Å². The van der Waals surface area contributed by atoms with Crippen LogP contribution in [0.3, 0.4) is 0 Å². The van der Waals surface area contributed by atoms with Gasteiger partial charge in [-0.05, 0) is 32.4 Å². The van der Waals surface area contributed by atoms with E-state index >= 15 is 0 Å². The lowest BCUT2D eigenvalue weighted by Crippen LogP contribution is -2.35. The van der Waals surface area contributed by atoms with E-state index in [0.717, 1.165) is 23.5 Å². The molecule has 3 N–H and O–H groups in total. The molecule has 0 fully saturated rings. The number of nitrogens with two attached hydrogens (primary N) is 1. The minimum atomic E-state index is 0.104. The Bertz CT molecular complexity index is 329. The molecule has 15 heavy (non-hydrogen) atoms. The topological polar surface area (TPSA) is 47.3 Å². The molecule has 0 saturated heterocycles. The fourth-order valence-corrected chi connectivity index (χ4v) is 1.22. The molecule has 3 nitrogen and oxygen atoms in total. The number of anilines is 1. The number of ether oxygens (including phenoxy) is 1. The van der Waals surface area contributed by atoms with E-state index in [4.69, 9.17) is 10.5 Å². The van der Waals surface area contributed by atoms with Crippen LogP contribution >= 0.6 is 0 Å². The molecule has 0 saturated carbocycles. The lowest BCUT2D eigenvalue weighted by Gasteiger charge is -2.21. The summed E-state index contributed by atoms with van der Waals surface area (Å²) in [6.07, 6.45) is 0. The summed E-state index contributed by atoms with van der Waals surface area (Å²) < 4.78 is 5.10. The molecule has 0 aliphatic heterocycles. The third kappa shape index (κ3) is 3.80. The standard InChI is InChI=1S/C12H20N2O/c1-12(2,3)14-8-9-5-6-10(15-4)7-11(9)13/h5-7,14H,8,13H2,1-4H3. The fourth-order valence-electron chi connectivity index (χ4n) is 1.22. The van der Waals surface area contributed by atoms with E-state index in [9.17, 15) is 0 Å². The summed E-state index contributed by atoms with van der Waals surface area (Å²) in [6, 6.07) is 5.77. The van der Waals surface area contributed by atoms with E-state index in [2.05, 4.69) is 26.1 Å². The average molecular weight is 208 g/mol. The van der Waals surface area contributed by atoms with Gasteiger partial charge in [-0.25, -0.2) is 0 Å². The molecular formula is C12H20N2O. The van der Waals surface area contributed by atoms with E-state index in [1.807, 2.05) is 18.2 Å². The minimum Gasteiger partial charge on any atom is -0.497 e. The molecule has 84 valence electrons. The Balaban J connectivity index is 2.70. The lowest BCUT2D eigenvalue weighted by molar-refractivity contribution is 0.413. The molecule has 0 spiro atoms. The van der Waals surface area contributed by atoms with Crippen LogP contribution in [0.4, 0.5) is 5.69 Å². The van der Waals surface area contributed by atoms with Crippen molar-refractivity contribution in [2.24, 2.45) is 0 Å². The van der Waals surface area contributed by atoms with Gasteiger partial charge in [-0.3, -0.25) is 0 Å². The second kappa shape index (κ2) is 4.53. The molecule has 0 aliphatic carbocycles. The number of nitrogen functional groups attached to an aromatic ring is 1. The maximum absolute atomic E-state index is 5.91. The predicted octanol–water partition coefficient (Wildman–Crippen LogP) is 2.17. The molecule has 0 aliphatic rings. The smallest absolute Gasteiger partial charge is 0.120 e. The fraction of sp³-hybridized carbons (Fsp3) is 0.500. The van der Waals surface area contributed by atoms with Crippen LogP contribution in [0.5, 0.6) is 5.75 Å². The normalized spacial score (nSPS) is 11.5. The summed E-state index contributed by atoms with van der Waals surface area (Å²) in [5.41, 5.74) is 7.88. The number of hydrogen-bond acceptors (Lipinski definition) is 3. The number of rotatable bonds is 3. The largest absolute Gasteiger partial charge is 0.497 e. The Kier molecular flexibility index (Phi) is 3.58. The second-order valence-corrected chi connectivity index (χ2v) is 4.67. The van der Waals surface area contributed by atoms with E-state index in [-0.39, 0.29) is 5.54 Å². The zero-order valence-corrected chi connectivity index (χ0v) is 9.92. The van der Waals surface area contributed by atoms with E-state index in [1.165, 1.54) is 0 Å². The van der Waals surface area contributed by atoms with Crippen LogP contribution in [0.2, 0.25) is 0 Å². The van der Waals surface area contributed by atoms with Gasteiger partial charge in [-0.15, -0.1) is 0 Å². The Morgan fingerprint density at radius 1 is 1.33 bits per heavy atom. The van der Waals surface area contributed by atoms with Crippen molar-refractivity contribution >= 4 is 5.69 Å². The van der Waals surface area contributed by atoms with E-state index in [0.29, 0.717) is 0 Å². The zero-order chi connectivity index (χ0) is 11.5. The molecule has 3 heteroatoms. The molecule has 0 aromatic heterocycles. The van der Waals surface area contributed by atoms with Crippen LogP contribution in [0, 0.1) is 0 Å². The Morgan fingerprint density at radius 2 is 2.00 bits per heavy atom. The first-order valence-corrected chi connectivity index (χ1v) is 5.10. The van der Waals surface area contributed by atoms with Gasteiger partial charge in [0.15, 0.2) is 0 Å². The van der Waals surface area contributed by atoms with E-state index < -0.39 is 0 Å². The summed E-state index contributed by atoms with van der Waals surface area (Å²) in [7, 11) is 1.64. The molecule has 0 radical (unpaired) electrons. The first-order valence-electron chi connectivity index (χ1n) is 5.10. The van der Waals surface area contributed by atoms with Crippen molar-refractivity contribution in [2.45, 2.75) is 32.9 Å². The van der Waals surface area contributed by atoms with Gasteiger partial charge in [0.05, 0.1) is 7.11 Å². The molecule has 0 heterocycles. The van der Waals surface area contributed by atoms with Crippen LogP contribution in [0.1, 0.15) is 26.3 Å². The van der Waals surface area contributed by atoms with Gasteiger partial charge in [-0.1, -0.05) is 6.07 Å². The molecule has 1 aromatic rings. The Hall–Kier alpha value is -1.22. The predicted molar refractivity (Wildman–Crippen MR) is 64.0 cm³/mol. The van der Waals surface area contributed by atoms with Crippen LogP contribution in [-0.2, 0) is 6.54 Å². The van der Waals surface area contributed by atoms with Gasteiger partial charge in [0.25, 0.3) is 0 Å². The van der Waals surface area contributed by atoms with Gasteiger partial charge in [0, 0.05) is 23.8 Å². The van der Waals surface area contributed by atoms with Crippen molar-refractivity contribution in [1.29, 1.82) is 0 Å². The maximum atomic E-state index is 5.91. The number of benzene rings is 1. The van der Waals surface area contributed by atoms with Crippen molar-refractivity contribution in [3.05, 3.63) is 23.8 Å². The van der Waals surface area contributed by atoms with Crippen molar-refractivity contribution in [3.63, 3.8) is 0 Å². The molecule has 1 aromatic carbocycles. The summed E-state index contributed by atoms with van der Waals surface area (Å²) in [5, 5.41) is 3.40. The molecule has 1 rings (SSSR count). The molecular weight excluding hydrogens is 188 g/mol. The SMILES string of the molecule is COc1ccc(CNC(C)(C)C)c(N)c1. The number of hydrogen-bond donors (Lipinski definition) is 2. The minimum absolute atomic E-state index is 0.104. The van der Waals surface area contributed by atoms with Crippen molar-refractivity contribution in [1.82, 2.24) is 5.32 Å². The molecule has 0 unspecified atom stereocenters. The highest BCUT2D eigenvalue weighted by Crippen LogP contribution is 2.19. The van der Waals surface area contributed by atoms with Gasteiger partial charge < -0.3 is 15.8 Å². The quantitative estimate of drug-likeness (QED) is 0.748. The van der Waals surface area contributed by atoms with Crippen molar-refractivity contribution in [2.75, 3.05) is 12.8 Å².